The SMILES string of the molecule is O=C1NC(Cc2ccc(F)cc2)(C2CCNCC2)C(=O)N1Cc1ccccn1. The predicted molar refractivity (Wildman–Crippen MR) is 102 cm³/mol. The number of pyridine rings is 1. The average Bonchev–Trinajstić information content (AvgIpc) is 2.96. The van der Waals surface area contributed by atoms with E-state index in [4.69, 9.17) is 0 Å². The monoisotopic (exact) mass is 382 g/mol. The zero-order valence-electron chi connectivity index (χ0n) is 15.5. The normalized spacial score (nSPS) is 23.1. The van der Waals surface area contributed by atoms with Crippen LogP contribution in [0, 0.1) is 11.7 Å². The van der Waals surface area contributed by atoms with Crippen LogP contribution in [0.15, 0.2) is 48.7 Å². The highest BCUT2D eigenvalue weighted by molar-refractivity contribution is 6.07. The number of carbonyl (C=O) groups is 2. The average molecular weight is 382 g/mol. The van der Waals surface area contributed by atoms with E-state index in [2.05, 4.69) is 15.6 Å². The van der Waals surface area contributed by atoms with Crippen LogP contribution in [-0.4, -0.2) is 40.5 Å². The van der Waals surface area contributed by atoms with Gasteiger partial charge in [-0.05, 0) is 61.7 Å². The number of imide groups is 1. The van der Waals surface area contributed by atoms with Gasteiger partial charge in [-0.1, -0.05) is 18.2 Å². The molecular weight excluding hydrogens is 359 g/mol. The Bertz CT molecular complexity index is 852. The number of aromatic nitrogens is 1. The summed E-state index contributed by atoms with van der Waals surface area (Å²) in [6.07, 6.45) is 3.59. The van der Waals surface area contributed by atoms with Crippen LogP contribution in [0.4, 0.5) is 9.18 Å². The van der Waals surface area contributed by atoms with E-state index in [0.717, 1.165) is 31.5 Å². The first kappa shape index (κ1) is 18.6. The third kappa shape index (κ3) is 3.49. The summed E-state index contributed by atoms with van der Waals surface area (Å²) in [4.78, 5) is 31.8. The molecule has 1 unspecified atom stereocenters. The zero-order chi connectivity index (χ0) is 19.6. The fourth-order valence-corrected chi connectivity index (χ4v) is 4.22. The fourth-order valence-electron chi connectivity index (χ4n) is 4.22. The molecule has 0 aliphatic carbocycles. The fraction of sp³-hybridized carbons (Fsp3) is 0.381. The summed E-state index contributed by atoms with van der Waals surface area (Å²) in [7, 11) is 0. The molecule has 2 saturated heterocycles. The van der Waals surface area contributed by atoms with Gasteiger partial charge in [-0.15, -0.1) is 0 Å². The van der Waals surface area contributed by atoms with Crippen LogP contribution >= 0.6 is 0 Å². The van der Waals surface area contributed by atoms with Crippen molar-refractivity contribution in [1.29, 1.82) is 0 Å². The van der Waals surface area contributed by atoms with Crippen molar-refractivity contribution < 1.29 is 14.0 Å². The van der Waals surface area contributed by atoms with E-state index in [1.54, 1.807) is 30.5 Å². The molecule has 1 aromatic carbocycles. The Morgan fingerprint density at radius 1 is 1.11 bits per heavy atom. The lowest BCUT2D eigenvalue weighted by molar-refractivity contribution is -0.134. The first-order valence-electron chi connectivity index (χ1n) is 9.58. The van der Waals surface area contributed by atoms with E-state index < -0.39 is 11.6 Å². The number of piperidine rings is 1. The molecule has 1 aromatic heterocycles. The Morgan fingerprint density at radius 2 is 1.86 bits per heavy atom. The van der Waals surface area contributed by atoms with Crippen molar-refractivity contribution in [3.8, 4) is 0 Å². The number of nitrogens with one attached hydrogen (secondary N) is 2. The topological polar surface area (TPSA) is 74.3 Å². The van der Waals surface area contributed by atoms with Gasteiger partial charge in [0.05, 0.1) is 12.2 Å². The molecule has 146 valence electrons. The van der Waals surface area contributed by atoms with E-state index >= 15 is 0 Å². The van der Waals surface area contributed by atoms with Gasteiger partial charge in [-0.25, -0.2) is 9.18 Å². The minimum Gasteiger partial charge on any atom is -0.322 e. The number of hydrogen-bond acceptors (Lipinski definition) is 4. The van der Waals surface area contributed by atoms with Crippen LogP contribution in [-0.2, 0) is 17.8 Å². The minimum atomic E-state index is -1.01. The number of nitrogens with zero attached hydrogens (tertiary/aromatic N) is 2. The lowest BCUT2D eigenvalue weighted by atomic mass is 9.74. The summed E-state index contributed by atoms with van der Waals surface area (Å²) < 4.78 is 13.3. The smallest absolute Gasteiger partial charge is 0.322 e. The van der Waals surface area contributed by atoms with Crippen molar-refractivity contribution in [3.63, 3.8) is 0 Å². The summed E-state index contributed by atoms with van der Waals surface area (Å²) >= 11 is 0. The largest absolute Gasteiger partial charge is 0.325 e. The third-order valence-electron chi connectivity index (χ3n) is 5.68. The molecule has 28 heavy (non-hydrogen) atoms. The van der Waals surface area contributed by atoms with Crippen molar-refractivity contribution in [2.75, 3.05) is 13.1 Å². The lowest BCUT2D eigenvalue weighted by Gasteiger charge is -2.38. The standard InChI is InChI=1S/C21H23FN4O2/c22-17-6-4-15(5-7-17)13-21(16-8-11-23-12-9-16)19(27)26(20(28)25-21)14-18-3-1-2-10-24-18/h1-7,10,16,23H,8-9,11-14H2,(H,25,28). The summed E-state index contributed by atoms with van der Waals surface area (Å²) in [5.41, 5.74) is 0.480. The van der Waals surface area contributed by atoms with Gasteiger partial charge in [0.15, 0.2) is 0 Å². The second-order valence-corrected chi connectivity index (χ2v) is 7.44. The van der Waals surface area contributed by atoms with Gasteiger partial charge in [-0.2, -0.15) is 0 Å². The van der Waals surface area contributed by atoms with Gasteiger partial charge >= 0.3 is 6.03 Å². The lowest BCUT2D eigenvalue weighted by Crippen LogP contribution is -2.57. The Kier molecular flexibility index (Phi) is 5.09. The number of urea groups is 1. The van der Waals surface area contributed by atoms with Crippen molar-refractivity contribution in [2.24, 2.45) is 5.92 Å². The maximum Gasteiger partial charge on any atom is 0.325 e. The van der Waals surface area contributed by atoms with E-state index in [1.807, 2.05) is 6.07 Å². The summed E-state index contributed by atoms with van der Waals surface area (Å²) in [5, 5.41) is 6.32. The Labute approximate surface area is 163 Å². The molecule has 2 fully saturated rings. The number of rotatable bonds is 5. The Balaban J connectivity index is 1.65. The van der Waals surface area contributed by atoms with Gasteiger partial charge in [-0.3, -0.25) is 14.7 Å². The van der Waals surface area contributed by atoms with Gasteiger partial charge in [0.1, 0.15) is 11.4 Å². The van der Waals surface area contributed by atoms with E-state index in [-0.39, 0.29) is 24.2 Å². The quantitative estimate of drug-likeness (QED) is 0.778. The number of carbonyl (C=O) groups excluding carboxylic acids is 2. The predicted octanol–water partition coefficient (Wildman–Crippen LogP) is 2.25. The van der Waals surface area contributed by atoms with Gasteiger partial charge in [0.2, 0.25) is 0 Å². The summed E-state index contributed by atoms with van der Waals surface area (Å²) in [6.45, 7) is 1.75. The molecule has 2 aromatic rings. The van der Waals surface area contributed by atoms with Crippen molar-refractivity contribution in [3.05, 3.63) is 65.7 Å². The number of hydrogen-bond donors (Lipinski definition) is 2. The molecule has 0 bridgehead atoms. The highest BCUT2D eigenvalue weighted by Crippen LogP contribution is 2.35. The van der Waals surface area contributed by atoms with Gasteiger partial charge in [0, 0.05) is 12.6 Å². The highest BCUT2D eigenvalue weighted by Gasteiger charge is 2.55. The molecule has 2 N–H and O–H groups in total. The molecule has 0 radical (unpaired) electrons. The molecule has 3 heterocycles. The molecule has 7 heteroatoms. The number of benzene rings is 1. The minimum absolute atomic E-state index is 0.0176. The molecular formula is C21H23FN4O2. The van der Waals surface area contributed by atoms with Crippen LogP contribution in [0.3, 0.4) is 0 Å². The first-order valence-corrected chi connectivity index (χ1v) is 9.58. The van der Waals surface area contributed by atoms with Crippen molar-refractivity contribution in [2.45, 2.75) is 31.3 Å². The molecule has 2 aliphatic rings. The maximum atomic E-state index is 13.5. The van der Waals surface area contributed by atoms with E-state index in [1.165, 1.54) is 17.0 Å². The molecule has 0 saturated carbocycles. The highest BCUT2D eigenvalue weighted by atomic mass is 19.1. The second kappa shape index (κ2) is 7.67. The molecule has 0 spiro atoms. The van der Waals surface area contributed by atoms with Gasteiger partial charge < -0.3 is 10.6 Å². The Morgan fingerprint density at radius 3 is 2.54 bits per heavy atom. The summed E-state index contributed by atoms with van der Waals surface area (Å²) in [6, 6.07) is 11.2. The van der Waals surface area contributed by atoms with Gasteiger partial charge in [0.25, 0.3) is 5.91 Å². The number of amides is 3. The number of halogens is 1. The van der Waals surface area contributed by atoms with Crippen molar-refractivity contribution >= 4 is 11.9 Å². The molecule has 1 atom stereocenters. The Hall–Kier alpha value is -2.80. The van der Waals surface area contributed by atoms with Crippen LogP contribution in [0.1, 0.15) is 24.1 Å². The molecule has 6 nitrogen and oxygen atoms in total. The zero-order valence-corrected chi connectivity index (χ0v) is 15.5. The summed E-state index contributed by atoms with van der Waals surface area (Å²) in [5.74, 6) is -0.526. The van der Waals surface area contributed by atoms with Crippen LogP contribution in [0.2, 0.25) is 0 Å². The van der Waals surface area contributed by atoms with Crippen LogP contribution in [0.25, 0.3) is 0 Å². The second-order valence-electron chi connectivity index (χ2n) is 7.44. The molecule has 2 aliphatic heterocycles. The van der Waals surface area contributed by atoms with E-state index in [9.17, 15) is 14.0 Å². The third-order valence-corrected chi connectivity index (χ3v) is 5.68. The van der Waals surface area contributed by atoms with Crippen LogP contribution in [0.5, 0.6) is 0 Å². The van der Waals surface area contributed by atoms with Crippen molar-refractivity contribution in [1.82, 2.24) is 20.5 Å². The van der Waals surface area contributed by atoms with Crippen LogP contribution < -0.4 is 10.6 Å². The maximum absolute atomic E-state index is 13.5. The molecule has 3 amide bonds. The van der Waals surface area contributed by atoms with E-state index in [0.29, 0.717) is 12.1 Å². The first-order chi connectivity index (χ1) is 13.6. The molecule has 4 rings (SSSR count).